The number of piperidine rings is 1. The summed E-state index contributed by atoms with van der Waals surface area (Å²) in [5, 5.41) is 10.4. The van der Waals surface area contributed by atoms with Gasteiger partial charge in [-0.25, -0.2) is 0 Å². The van der Waals surface area contributed by atoms with E-state index in [1.807, 2.05) is 7.05 Å². The molecule has 1 heterocycles. The van der Waals surface area contributed by atoms with Crippen molar-refractivity contribution in [2.45, 2.75) is 25.1 Å². The first-order valence-electron chi connectivity index (χ1n) is 6.62. The Labute approximate surface area is 116 Å². The number of benzene rings is 1. The monoisotopic (exact) mass is 288 g/mol. The number of anilines is 1. The highest BCUT2D eigenvalue weighted by Gasteiger charge is 2.33. The third-order valence-electron chi connectivity index (χ3n) is 3.84. The average molecular weight is 288 g/mol. The molecule has 112 valence electrons. The van der Waals surface area contributed by atoms with Crippen LogP contribution in [0.25, 0.3) is 0 Å². The molecule has 3 nitrogen and oxygen atoms in total. The highest BCUT2D eigenvalue weighted by molar-refractivity contribution is 5.50. The molecule has 3 N–H and O–H groups in total. The molecule has 1 aliphatic rings. The van der Waals surface area contributed by atoms with Crippen LogP contribution in [0.2, 0.25) is 0 Å². The second kappa shape index (κ2) is 5.61. The number of nitrogens with two attached hydrogens (primary N) is 1. The van der Waals surface area contributed by atoms with Crippen molar-refractivity contribution in [3.63, 3.8) is 0 Å². The van der Waals surface area contributed by atoms with Crippen LogP contribution in [0.15, 0.2) is 18.2 Å². The number of nitrogens with zero attached hydrogens (tertiary/aromatic N) is 1. The van der Waals surface area contributed by atoms with Gasteiger partial charge in [0.1, 0.15) is 0 Å². The standard InChI is InChI=1S/C14H19F3N2O/c1-19-6-2-3-9(8-19)13(20)11-7-10(14(15,16)17)4-5-12(11)18/h4-5,7,9,13,20H,2-3,6,8,18H2,1H3. The molecular formula is C14H19F3N2O. The Morgan fingerprint density at radius 2 is 2.10 bits per heavy atom. The summed E-state index contributed by atoms with van der Waals surface area (Å²) >= 11 is 0. The van der Waals surface area contributed by atoms with Crippen LogP contribution in [0, 0.1) is 5.92 Å². The molecule has 0 bridgehead atoms. The normalized spacial score (nSPS) is 22.8. The van der Waals surface area contributed by atoms with E-state index in [-0.39, 0.29) is 17.2 Å². The van der Waals surface area contributed by atoms with Crippen molar-refractivity contribution in [2.75, 3.05) is 25.9 Å². The second-order valence-electron chi connectivity index (χ2n) is 5.45. The number of hydrogen-bond acceptors (Lipinski definition) is 3. The van der Waals surface area contributed by atoms with Gasteiger partial charge >= 0.3 is 6.18 Å². The van der Waals surface area contributed by atoms with Crippen LogP contribution < -0.4 is 5.73 Å². The molecule has 0 saturated carbocycles. The molecule has 6 heteroatoms. The summed E-state index contributed by atoms with van der Waals surface area (Å²) < 4.78 is 38.2. The van der Waals surface area contributed by atoms with Crippen molar-refractivity contribution in [1.29, 1.82) is 0 Å². The summed E-state index contributed by atoms with van der Waals surface area (Å²) in [6.07, 6.45) is -3.66. The Bertz CT molecular complexity index is 476. The average Bonchev–Trinajstić information content (AvgIpc) is 2.37. The lowest BCUT2D eigenvalue weighted by molar-refractivity contribution is -0.137. The van der Waals surface area contributed by atoms with Crippen molar-refractivity contribution in [3.8, 4) is 0 Å². The van der Waals surface area contributed by atoms with Gasteiger partial charge in [-0.2, -0.15) is 13.2 Å². The number of rotatable bonds is 2. The van der Waals surface area contributed by atoms with Gasteiger partial charge in [0, 0.05) is 23.7 Å². The van der Waals surface area contributed by atoms with E-state index in [2.05, 4.69) is 4.90 Å². The molecule has 0 aliphatic carbocycles. The predicted octanol–water partition coefficient (Wildman–Crippen LogP) is 2.66. The van der Waals surface area contributed by atoms with Gasteiger partial charge in [-0.3, -0.25) is 0 Å². The van der Waals surface area contributed by atoms with Crippen molar-refractivity contribution < 1.29 is 18.3 Å². The number of nitrogen functional groups attached to an aromatic ring is 1. The zero-order valence-electron chi connectivity index (χ0n) is 11.3. The number of halogens is 3. The molecule has 20 heavy (non-hydrogen) atoms. The maximum Gasteiger partial charge on any atom is 0.416 e. The Hall–Kier alpha value is -1.27. The molecule has 1 fully saturated rings. The number of aliphatic hydroxyl groups excluding tert-OH is 1. The largest absolute Gasteiger partial charge is 0.416 e. The minimum Gasteiger partial charge on any atom is -0.398 e. The SMILES string of the molecule is CN1CCCC(C(O)c2cc(C(F)(F)F)ccc2N)C1. The van der Waals surface area contributed by atoms with E-state index in [9.17, 15) is 18.3 Å². The number of likely N-dealkylation sites (tertiary alicyclic amines) is 1. The summed E-state index contributed by atoms with van der Waals surface area (Å²) in [6.45, 7) is 1.61. The molecule has 0 radical (unpaired) electrons. The van der Waals surface area contributed by atoms with Crippen LogP contribution in [0.3, 0.4) is 0 Å². The van der Waals surface area contributed by atoms with E-state index in [0.717, 1.165) is 31.5 Å². The fourth-order valence-electron chi connectivity index (χ4n) is 2.73. The zero-order chi connectivity index (χ0) is 14.9. The molecule has 0 spiro atoms. The number of alkyl halides is 3. The highest BCUT2D eigenvalue weighted by atomic mass is 19.4. The number of hydrogen-bond donors (Lipinski definition) is 2. The lowest BCUT2D eigenvalue weighted by Crippen LogP contribution is -2.35. The molecule has 2 unspecified atom stereocenters. The molecule has 0 amide bonds. The van der Waals surface area contributed by atoms with E-state index in [0.29, 0.717) is 6.54 Å². The van der Waals surface area contributed by atoms with Crippen LogP contribution in [-0.4, -0.2) is 30.1 Å². The highest BCUT2D eigenvalue weighted by Crippen LogP contribution is 2.36. The van der Waals surface area contributed by atoms with Crippen LogP contribution in [0.4, 0.5) is 18.9 Å². The first-order valence-corrected chi connectivity index (χ1v) is 6.62. The van der Waals surface area contributed by atoms with Gasteiger partial charge < -0.3 is 15.7 Å². The van der Waals surface area contributed by atoms with Crippen molar-refractivity contribution in [1.82, 2.24) is 4.90 Å². The molecular weight excluding hydrogens is 269 g/mol. The quantitative estimate of drug-likeness (QED) is 0.823. The summed E-state index contributed by atoms with van der Waals surface area (Å²) in [5.41, 5.74) is 5.35. The van der Waals surface area contributed by atoms with Crippen molar-refractivity contribution >= 4 is 5.69 Å². The smallest absolute Gasteiger partial charge is 0.398 e. The molecule has 2 atom stereocenters. The Balaban J connectivity index is 2.26. The van der Waals surface area contributed by atoms with Gasteiger partial charge in [-0.15, -0.1) is 0 Å². The summed E-state index contributed by atoms with van der Waals surface area (Å²) in [7, 11) is 1.94. The third-order valence-corrected chi connectivity index (χ3v) is 3.84. The van der Waals surface area contributed by atoms with Crippen molar-refractivity contribution in [2.24, 2.45) is 5.92 Å². The number of aliphatic hydroxyl groups is 1. The first kappa shape index (κ1) is 15.1. The molecule has 2 rings (SSSR count). The topological polar surface area (TPSA) is 49.5 Å². The molecule has 1 aliphatic heterocycles. The van der Waals surface area contributed by atoms with Gasteiger partial charge in [0.2, 0.25) is 0 Å². The van der Waals surface area contributed by atoms with Gasteiger partial charge in [-0.05, 0) is 44.6 Å². The Morgan fingerprint density at radius 3 is 2.70 bits per heavy atom. The zero-order valence-corrected chi connectivity index (χ0v) is 11.3. The third kappa shape index (κ3) is 3.24. The van der Waals surface area contributed by atoms with Gasteiger partial charge in [0.15, 0.2) is 0 Å². The summed E-state index contributed by atoms with van der Waals surface area (Å²) in [6, 6.07) is 3.13. The summed E-state index contributed by atoms with van der Waals surface area (Å²) in [5.74, 6) is -0.0838. The maximum absolute atomic E-state index is 12.7. The van der Waals surface area contributed by atoms with Gasteiger partial charge in [-0.1, -0.05) is 0 Å². The van der Waals surface area contributed by atoms with Gasteiger partial charge in [0.25, 0.3) is 0 Å². The summed E-state index contributed by atoms with van der Waals surface area (Å²) in [4.78, 5) is 2.07. The van der Waals surface area contributed by atoms with E-state index >= 15 is 0 Å². The van der Waals surface area contributed by atoms with E-state index < -0.39 is 17.8 Å². The van der Waals surface area contributed by atoms with Crippen LogP contribution >= 0.6 is 0 Å². The van der Waals surface area contributed by atoms with Crippen LogP contribution in [0.5, 0.6) is 0 Å². The molecule has 1 aromatic rings. The Kier molecular flexibility index (Phi) is 4.25. The van der Waals surface area contributed by atoms with Gasteiger partial charge in [0.05, 0.1) is 11.7 Å². The molecule has 0 aromatic heterocycles. The van der Waals surface area contributed by atoms with Crippen LogP contribution in [-0.2, 0) is 6.18 Å². The van der Waals surface area contributed by atoms with E-state index in [1.54, 1.807) is 0 Å². The maximum atomic E-state index is 12.7. The minimum atomic E-state index is -4.43. The fourth-order valence-corrected chi connectivity index (χ4v) is 2.73. The van der Waals surface area contributed by atoms with Crippen molar-refractivity contribution in [3.05, 3.63) is 29.3 Å². The lowest BCUT2D eigenvalue weighted by Gasteiger charge is -2.33. The first-order chi connectivity index (χ1) is 9.29. The Morgan fingerprint density at radius 1 is 1.40 bits per heavy atom. The van der Waals surface area contributed by atoms with E-state index in [4.69, 9.17) is 5.73 Å². The predicted molar refractivity (Wildman–Crippen MR) is 71.0 cm³/mol. The molecule has 1 aromatic carbocycles. The fraction of sp³-hybridized carbons (Fsp3) is 0.571. The minimum absolute atomic E-state index is 0.0838. The molecule has 1 saturated heterocycles. The van der Waals surface area contributed by atoms with E-state index in [1.165, 1.54) is 6.07 Å². The van der Waals surface area contributed by atoms with Crippen LogP contribution in [0.1, 0.15) is 30.1 Å². The second-order valence-corrected chi connectivity index (χ2v) is 5.45. The lowest BCUT2D eigenvalue weighted by atomic mass is 9.87.